The summed E-state index contributed by atoms with van der Waals surface area (Å²) in [5, 5.41) is 23.3. The molecule has 0 saturated heterocycles. The number of aliphatic hydroxyl groups excluding tert-OH is 2. The van der Waals surface area contributed by atoms with Crippen molar-refractivity contribution in [1.82, 2.24) is 0 Å². The van der Waals surface area contributed by atoms with Crippen molar-refractivity contribution >= 4 is 25.5 Å². The largest absolute Gasteiger partial charge is 0.418 e. The zero-order chi connectivity index (χ0) is 30.3. The number of carbonyl (C=O) groups is 1. The molecule has 228 valence electrons. The van der Waals surface area contributed by atoms with Gasteiger partial charge in [0.05, 0.1) is 18.3 Å². The molecule has 2 saturated carbocycles. The Kier molecular flexibility index (Phi) is 9.77. The van der Waals surface area contributed by atoms with E-state index in [-0.39, 0.29) is 28.5 Å². The predicted molar refractivity (Wildman–Crippen MR) is 171 cm³/mol. The van der Waals surface area contributed by atoms with Crippen molar-refractivity contribution < 1.29 is 23.6 Å². The maximum atomic E-state index is 13.9. The van der Waals surface area contributed by atoms with E-state index in [9.17, 15) is 15.0 Å². The maximum Gasteiger partial charge on any atom is 0.231 e. The molecular weight excluding hydrogens is 549 g/mol. The summed E-state index contributed by atoms with van der Waals surface area (Å²) in [6.45, 7) is 22.3. The van der Waals surface area contributed by atoms with Gasteiger partial charge in [-0.25, -0.2) is 0 Å². The summed E-state index contributed by atoms with van der Waals surface area (Å²) >= 11 is 0.880. The first-order chi connectivity index (χ1) is 19.2. The van der Waals surface area contributed by atoms with E-state index >= 15 is 0 Å². The molecule has 1 aromatic rings. The molecule has 0 amide bonds. The maximum absolute atomic E-state index is 13.9. The van der Waals surface area contributed by atoms with Gasteiger partial charge in [0.2, 0.25) is 5.12 Å². The molecule has 41 heavy (non-hydrogen) atoms. The quantitative estimate of drug-likeness (QED) is 0.178. The molecule has 4 rings (SSSR count). The number of hydrogen-bond donors (Lipinski definition) is 2. The van der Waals surface area contributed by atoms with Crippen LogP contribution in [0, 0.1) is 28.6 Å². The number of fused-ring (bicyclic) bond motifs is 3. The van der Waals surface area contributed by atoms with Crippen molar-refractivity contribution in [2.45, 2.75) is 117 Å². The van der Waals surface area contributed by atoms with Gasteiger partial charge in [-0.15, -0.1) is 0 Å². The molecule has 0 radical (unpaired) electrons. The first-order valence-corrected chi connectivity index (χ1v) is 18.7. The first-order valence-electron chi connectivity index (χ1n) is 15.6. The second kappa shape index (κ2) is 12.3. The van der Waals surface area contributed by atoms with Crippen LogP contribution in [0.2, 0.25) is 17.6 Å². The highest BCUT2D eigenvalue weighted by molar-refractivity contribution is 8.09. The molecule has 2 N–H and O–H groups in total. The molecule has 7 heteroatoms. The van der Waals surface area contributed by atoms with Gasteiger partial charge in [-0.2, -0.15) is 0 Å². The number of rotatable bonds is 8. The van der Waals surface area contributed by atoms with Gasteiger partial charge < -0.3 is 18.8 Å². The normalized spacial score (nSPS) is 33.7. The van der Waals surface area contributed by atoms with Gasteiger partial charge in [0.1, 0.15) is 17.8 Å². The first kappa shape index (κ1) is 32.5. The Balaban J connectivity index is 1.83. The number of allylic oxidation sites excluding steroid dienone is 1. The standard InChI is InChI=1S/C34H52O5SSi/c1-10-41(11-2,21(3)4)39-27-20-34(9)18-17-26(35)23(6)29(34)31(36)30-25(19-22(5)28(27)33(30,7)8)32(37)40-38-24-15-13-12-14-16-24/h12-16,21,25-27,29-31,35-36H,6,10-11,17-20H2,1-5,7-9H3/t25-,26-,27-,29-,30-,31-,34-/m0/s1. The smallest absolute Gasteiger partial charge is 0.231 e. The second-order valence-corrected chi connectivity index (χ2v) is 19.7. The van der Waals surface area contributed by atoms with Crippen LogP contribution in [0.15, 0.2) is 53.6 Å². The molecule has 0 unspecified atom stereocenters. The number of benzene rings is 1. The highest BCUT2D eigenvalue weighted by Gasteiger charge is 2.60. The van der Waals surface area contributed by atoms with Gasteiger partial charge in [0, 0.05) is 17.8 Å². The number of hydrogen-bond acceptors (Lipinski definition) is 6. The van der Waals surface area contributed by atoms with Gasteiger partial charge in [0.15, 0.2) is 8.32 Å². The lowest BCUT2D eigenvalue weighted by atomic mass is 9.49. The Morgan fingerprint density at radius 3 is 2.37 bits per heavy atom. The number of aliphatic hydroxyl groups is 2. The highest BCUT2D eigenvalue weighted by atomic mass is 32.2. The Bertz CT molecular complexity index is 1140. The van der Waals surface area contributed by atoms with Crippen LogP contribution in [0.5, 0.6) is 5.75 Å². The lowest BCUT2D eigenvalue weighted by Gasteiger charge is -2.59. The van der Waals surface area contributed by atoms with Crippen LogP contribution in [-0.4, -0.2) is 42.0 Å². The minimum absolute atomic E-state index is 0.0703. The van der Waals surface area contributed by atoms with Gasteiger partial charge in [-0.3, -0.25) is 4.79 Å². The summed E-state index contributed by atoms with van der Waals surface area (Å²) in [5.41, 5.74) is 2.85. The van der Waals surface area contributed by atoms with Crippen molar-refractivity contribution in [3.8, 4) is 5.75 Å². The van der Waals surface area contributed by atoms with Crippen LogP contribution in [0.1, 0.15) is 81.1 Å². The minimum Gasteiger partial charge on any atom is -0.418 e. The van der Waals surface area contributed by atoms with Gasteiger partial charge in [0.25, 0.3) is 0 Å². The zero-order valence-electron chi connectivity index (χ0n) is 26.4. The van der Waals surface area contributed by atoms with Gasteiger partial charge >= 0.3 is 0 Å². The van der Waals surface area contributed by atoms with E-state index in [1.54, 1.807) is 0 Å². The van der Waals surface area contributed by atoms with E-state index in [1.165, 1.54) is 11.1 Å². The fraction of sp³-hybridized carbons (Fsp3) is 0.676. The van der Waals surface area contributed by atoms with Crippen LogP contribution in [-0.2, 0) is 9.22 Å². The minimum atomic E-state index is -2.08. The van der Waals surface area contributed by atoms with Gasteiger partial charge in [-0.05, 0) is 84.3 Å². The lowest BCUT2D eigenvalue weighted by Crippen LogP contribution is -2.59. The van der Waals surface area contributed by atoms with E-state index in [0.29, 0.717) is 29.7 Å². The van der Waals surface area contributed by atoms with Crippen LogP contribution in [0.4, 0.5) is 0 Å². The van der Waals surface area contributed by atoms with Crippen LogP contribution in [0.25, 0.3) is 0 Å². The molecule has 3 aliphatic carbocycles. The van der Waals surface area contributed by atoms with Gasteiger partial charge in [-0.1, -0.05) is 78.8 Å². The van der Waals surface area contributed by atoms with E-state index < -0.39 is 31.9 Å². The average Bonchev–Trinajstić information content (AvgIpc) is 2.91. The fourth-order valence-corrected chi connectivity index (χ4v) is 13.0. The molecular formula is C34H52O5SSi. The molecule has 3 aliphatic rings. The highest BCUT2D eigenvalue weighted by Crippen LogP contribution is 2.61. The van der Waals surface area contributed by atoms with Crippen molar-refractivity contribution in [2.75, 3.05) is 0 Å². The Hall–Kier alpha value is -1.38. The van der Waals surface area contributed by atoms with Crippen LogP contribution < -0.4 is 4.18 Å². The molecule has 0 aromatic heterocycles. The van der Waals surface area contributed by atoms with Crippen molar-refractivity contribution in [2.24, 2.45) is 28.6 Å². The Morgan fingerprint density at radius 2 is 1.78 bits per heavy atom. The summed E-state index contributed by atoms with van der Waals surface area (Å²) in [6, 6.07) is 11.5. The third-order valence-electron chi connectivity index (χ3n) is 11.1. The summed E-state index contributed by atoms with van der Waals surface area (Å²) < 4.78 is 13.3. The fourth-order valence-electron chi connectivity index (χ4n) is 8.82. The Morgan fingerprint density at radius 1 is 1.15 bits per heavy atom. The number of para-hydroxylation sites is 1. The van der Waals surface area contributed by atoms with Crippen molar-refractivity contribution in [3.63, 3.8) is 0 Å². The molecule has 1 aromatic carbocycles. The van der Waals surface area contributed by atoms with Crippen molar-refractivity contribution in [1.29, 1.82) is 0 Å². The molecule has 0 aliphatic heterocycles. The van der Waals surface area contributed by atoms with E-state index in [2.05, 4.69) is 62.0 Å². The van der Waals surface area contributed by atoms with Crippen LogP contribution >= 0.6 is 12.0 Å². The lowest BCUT2D eigenvalue weighted by molar-refractivity contribution is -0.131. The average molecular weight is 601 g/mol. The SMILES string of the molecule is C=C1[C@@H](O)CC[C@@]2(C)C[C@H](O[Si](CC)(CC)C(C)C)C3=C(C)C[C@H](C(=O)SOc4ccccc4)[C@@H]([C@@H](O)[C@H]12)C3(C)C. The van der Waals surface area contributed by atoms with E-state index in [4.69, 9.17) is 8.61 Å². The molecule has 5 nitrogen and oxygen atoms in total. The molecule has 2 fully saturated rings. The van der Waals surface area contributed by atoms with Crippen molar-refractivity contribution in [3.05, 3.63) is 53.6 Å². The Labute approximate surface area is 253 Å². The molecule has 7 atom stereocenters. The number of carbonyl (C=O) groups excluding carboxylic acids is 1. The molecule has 2 bridgehead atoms. The summed E-state index contributed by atoms with van der Waals surface area (Å²) in [6.07, 6.45) is 1.21. The topological polar surface area (TPSA) is 76.0 Å². The summed E-state index contributed by atoms with van der Waals surface area (Å²) in [5.74, 6) is -0.491. The zero-order valence-corrected chi connectivity index (χ0v) is 28.2. The molecule has 0 spiro atoms. The monoisotopic (exact) mass is 600 g/mol. The van der Waals surface area contributed by atoms with E-state index in [0.717, 1.165) is 37.0 Å². The molecule has 0 heterocycles. The third kappa shape index (κ3) is 5.91. The van der Waals surface area contributed by atoms with E-state index in [1.807, 2.05) is 30.3 Å². The van der Waals surface area contributed by atoms with Crippen LogP contribution in [0.3, 0.4) is 0 Å². The predicted octanol–water partition coefficient (Wildman–Crippen LogP) is 8.10. The second-order valence-electron chi connectivity index (χ2n) is 14.0. The third-order valence-corrected chi connectivity index (χ3v) is 17.1. The summed E-state index contributed by atoms with van der Waals surface area (Å²) in [4.78, 5) is 13.9. The summed E-state index contributed by atoms with van der Waals surface area (Å²) in [7, 11) is -2.08.